The fourth-order valence-corrected chi connectivity index (χ4v) is 5.28. The zero-order valence-corrected chi connectivity index (χ0v) is 23.2. The molecule has 4 rings (SSSR count). The van der Waals surface area contributed by atoms with Crippen LogP contribution >= 0.6 is 0 Å². The van der Waals surface area contributed by atoms with Gasteiger partial charge in [0.25, 0.3) is 0 Å². The van der Waals surface area contributed by atoms with Crippen LogP contribution in [0.2, 0.25) is 0 Å². The molecule has 0 saturated carbocycles. The number of aromatic nitrogens is 2. The number of nitrogens with zero attached hydrogens (tertiary/aromatic N) is 2. The van der Waals surface area contributed by atoms with Gasteiger partial charge in [0.05, 0.1) is 30.6 Å². The number of aryl methyl sites for hydroxylation is 3. The number of hydrogen-bond acceptors (Lipinski definition) is 4. The minimum atomic E-state index is -1.20. The Morgan fingerprint density at radius 2 is 1.92 bits per heavy atom. The second kappa shape index (κ2) is 11.2. The summed E-state index contributed by atoms with van der Waals surface area (Å²) in [7, 11) is 1.64. The second-order valence-electron chi connectivity index (χ2n) is 9.66. The summed E-state index contributed by atoms with van der Waals surface area (Å²) in [6.07, 6.45) is 11.9. The molecule has 2 aromatic heterocycles. The molecule has 1 aromatic carbocycles. The van der Waals surface area contributed by atoms with Gasteiger partial charge in [-0.15, -0.1) is 0 Å². The first-order valence-electron chi connectivity index (χ1n) is 12.9. The topological polar surface area (TPSA) is 81.4 Å². The highest BCUT2D eigenvalue weighted by molar-refractivity contribution is 6.26. The number of ether oxygens (including phenoxy) is 1. The highest BCUT2D eigenvalue weighted by atomic mass is 19.1. The van der Waals surface area contributed by atoms with Gasteiger partial charge in [0.1, 0.15) is 11.5 Å². The van der Waals surface area contributed by atoms with Gasteiger partial charge in [-0.25, -0.2) is 9.18 Å². The first kappa shape index (κ1) is 27.8. The van der Waals surface area contributed by atoms with Gasteiger partial charge in [-0.05, 0) is 63.8 Å². The van der Waals surface area contributed by atoms with Crippen LogP contribution in [0.1, 0.15) is 76.9 Å². The molecule has 0 unspecified atom stereocenters. The summed E-state index contributed by atoms with van der Waals surface area (Å²) >= 11 is 0. The number of halogens is 1. The molecule has 7 heteroatoms. The number of fused-ring (bicyclic) bond motifs is 2. The SMILES string of the molecule is C/C=C\C=C(/C(C)=O)c1c(C(=O)O)n(Cc2cc3c(nc2C)C=C(OC)CC3)c2cc(F)c(/C=C\C)c(C)c12. The number of benzene rings is 1. The molecule has 39 heavy (non-hydrogen) atoms. The highest BCUT2D eigenvalue weighted by Crippen LogP contribution is 2.38. The summed E-state index contributed by atoms with van der Waals surface area (Å²) < 4.78 is 22.4. The number of carbonyl (C=O) groups is 2. The van der Waals surface area contributed by atoms with Crippen LogP contribution in [0.4, 0.5) is 4.39 Å². The van der Waals surface area contributed by atoms with Gasteiger partial charge in [0.2, 0.25) is 0 Å². The quantitative estimate of drug-likeness (QED) is 0.250. The van der Waals surface area contributed by atoms with Gasteiger partial charge in [-0.1, -0.05) is 36.4 Å². The summed E-state index contributed by atoms with van der Waals surface area (Å²) in [6, 6.07) is 3.41. The number of allylic oxidation sites excluding steroid dienone is 6. The lowest BCUT2D eigenvalue weighted by Gasteiger charge is -2.18. The molecule has 1 aliphatic carbocycles. The number of ketones is 1. The predicted octanol–water partition coefficient (Wildman–Crippen LogP) is 7.05. The smallest absolute Gasteiger partial charge is 0.353 e. The van der Waals surface area contributed by atoms with Crippen LogP contribution in [-0.4, -0.2) is 33.5 Å². The molecule has 0 atom stereocenters. The number of carboxylic acids is 1. The van der Waals surface area contributed by atoms with E-state index in [4.69, 9.17) is 9.72 Å². The van der Waals surface area contributed by atoms with Crippen molar-refractivity contribution in [1.29, 1.82) is 0 Å². The molecule has 2 heterocycles. The molecular weight excluding hydrogens is 495 g/mol. The summed E-state index contributed by atoms with van der Waals surface area (Å²) in [5.41, 5.74) is 5.28. The zero-order valence-electron chi connectivity index (χ0n) is 23.2. The maximum atomic E-state index is 15.4. The van der Waals surface area contributed by atoms with Crippen LogP contribution in [0.5, 0.6) is 0 Å². The minimum Gasteiger partial charge on any atom is -0.501 e. The van der Waals surface area contributed by atoms with E-state index in [1.807, 2.05) is 26.0 Å². The number of carbonyl (C=O) groups excluding carboxylic acids is 1. The molecule has 3 aromatic rings. The Balaban J connectivity index is 2.08. The first-order valence-corrected chi connectivity index (χ1v) is 12.9. The van der Waals surface area contributed by atoms with Gasteiger partial charge < -0.3 is 14.4 Å². The van der Waals surface area contributed by atoms with Gasteiger partial charge in [-0.2, -0.15) is 0 Å². The van der Waals surface area contributed by atoms with E-state index in [0.29, 0.717) is 27.6 Å². The van der Waals surface area contributed by atoms with Crippen molar-refractivity contribution in [3.8, 4) is 0 Å². The van der Waals surface area contributed by atoms with E-state index >= 15 is 4.39 Å². The Morgan fingerprint density at radius 3 is 2.54 bits per heavy atom. The Labute approximate surface area is 227 Å². The lowest BCUT2D eigenvalue weighted by atomic mass is 9.93. The number of carboxylic acid groups (broad SMARTS) is 1. The molecule has 6 nitrogen and oxygen atoms in total. The molecule has 1 aliphatic rings. The van der Waals surface area contributed by atoms with Gasteiger partial charge >= 0.3 is 5.97 Å². The van der Waals surface area contributed by atoms with Crippen LogP contribution in [0.15, 0.2) is 42.2 Å². The summed E-state index contributed by atoms with van der Waals surface area (Å²) in [5, 5.41) is 11.1. The highest BCUT2D eigenvalue weighted by Gasteiger charge is 2.29. The van der Waals surface area contributed by atoms with Crippen molar-refractivity contribution < 1.29 is 23.8 Å². The first-order chi connectivity index (χ1) is 18.6. The van der Waals surface area contributed by atoms with Crippen molar-refractivity contribution in [3.63, 3.8) is 0 Å². The average Bonchev–Trinajstić information content (AvgIpc) is 3.20. The van der Waals surface area contributed by atoms with Gasteiger partial charge in [0, 0.05) is 40.3 Å². The molecule has 0 aliphatic heterocycles. The van der Waals surface area contributed by atoms with E-state index in [2.05, 4.69) is 0 Å². The molecule has 1 N–H and O–H groups in total. The van der Waals surface area contributed by atoms with Crippen molar-refractivity contribution in [3.05, 3.63) is 92.9 Å². The van der Waals surface area contributed by atoms with Crippen LogP contribution in [0.25, 0.3) is 28.6 Å². The molecule has 0 radical (unpaired) electrons. The van der Waals surface area contributed by atoms with E-state index in [9.17, 15) is 14.7 Å². The molecular formula is C32H33FN2O4. The lowest BCUT2D eigenvalue weighted by molar-refractivity contribution is -0.111. The Kier molecular flexibility index (Phi) is 8.00. The van der Waals surface area contributed by atoms with Crippen molar-refractivity contribution in [1.82, 2.24) is 9.55 Å². The number of hydrogen-bond donors (Lipinski definition) is 1. The molecule has 0 bridgehead atoms. The summed E-state index contributed by atoms with van der Waals surface area (Å²) in [4.78, 5) is 30.5. The Bertz CT molecular complexity index is 1620. The number of pyridine rings is 1. The number of methoxy groups -OCH3 is 1. The third kappa shape index (κ3) is 5.09. The largest absolute Gasteiger partial charge is 0.501 e. The average molecular weight is 529 g/mol. The van der Waals surface area contributed by atoms with Crippen molar-refractivity contribution >= 4 is 40.4 Å². The molecule has 202 valence electrons. The van der Waals surface area contributed by atoms with E-state index in [-0.39, 0.29) is 23.6 Å². The fraction of sp³-hybridized carbons (Fsp3) is 0.281. The van der Waals surface area contributed by atoms with E-state index in [1.54, 1.807) is 55.9 Å². The van der Waals surface area contributed by atoms with Crippen LogP contribution < -0.4 is 0 Å². The standard InChI is InChI=1S/C32H33FN2O4/c1-7-9-11-25(20(5)36)30-29-18(3)24(10-8-2)26(33)16-28(29)35(31(30)32(37)38)17-22-14-21-12-13-23(39-6)15-27(21)34-19(22)4/h7-11,14-16H,12-13,17H2,1-6H3,(H,37,38)/b9-7-,10-8-,25-11+. The van der Waals surface area contributed by atoms with Crippen molar-refractivity contribution in [2.75, 3.05) is 7.11 Å². The molecule has 0 saturated heterocycles. The number of aromatic carboxylic acids is 1. The maximum Gasteiger partial charge on any atom is 0.353 e. The molecule has 0 fully saturated rings. The van der Waals surface area contributed by atoms with Crippen molar-refractivity contribution in [2.45, 2.75) is 54.0 Å². The van der Waals surface area contributed by atoms with Crippen LogP contribution in [0.3, 0.4) is 0 Å². The molecule has 0 spiro atoms. The lowest BCUT2D eigenvalue weighted by Crippen LogP contribution is -2.14. The van der Waals surface area contributed by atoms with Crippen LogP contribution in [0, 0.1) is 19.7 Å². The maximum absolute atomic E-state index is 15.4. The summed E-state index contributed by atoms with van der Waals surface area (Å²) in [6.45, 7) is 8.81. The van der Waals surface area contributed by atoms with Gasteiger partial charge in [-0.3, -0.25) is 9.78 Å². The molecule has 0 amide bonds. The number of Topliss-reactive ketones (excluding diaryl/α,β-unsaturated/α-hetero) is 1. The van der Waals surface area contributed by atoms with E-state index < -0.39 is 11.8 Å². The van der Waals surface area contributed by atoms with Crippen molar-refractivity contribution in [2.24, 2.45) is 0 Å². The van der Waals surface area contributed by atoms with E-state index in [1.165, 1.54) is 13.0 Å². The van der Waals surface area contributed by atoms with Gasteiger partial charge in [0.15, 0.2) is 5.78 Å². The van der Waals surface area contributed by atoms with Crippen LogP contribution in [-0.2, 0) is 22.5 Å². The second-order valence-corrected chi connectivity index (χ2v) is 9.66. The third-order valence-corrected chi connectivity index (χ3v) is 7.20. The van der Waals surface area contributed by atoms with E-state index in [0.717, 1.165) is 41.1 Å². The predicted molar refractivity (Wildman–Crippen MR) is 153 cm³/mol. The Hall–Kier alpha value is -4.26. The number of rotatable bonds is 8. The normalized spacial score (nSPS) is 13.8. The monoisotopic (exact) mass is 528 g/mol. The third-order valence-electron chi connectivity index (χ3n) is 7.20. The fourth-order valence-electron chi connectivity index (χ4n) is 5.28. The minimum absolute atomic E-state index is 0.0604. The Morgan fingerprint density at radius 1 is 1.18 bits per heavy atom. The summed E-state index contributed by atoms with van der Waals surface area (Å²) in [5.74, 6) is -1.07. The zero-order chi connectivity index (χ0) is 28.4.